The number of piperidine rings is 1. The summed E-state index contributed by atoms with van der Waals surface area (Å²) in [5.74, 6) is 0.202. The van der Waals surface area contributed by atoms with Crippen molar-refractivity contribution in [1.29, 1.82) is 0 Å². The molecular formula is C15H22N2O4. The van der Waals surface area contributed by atoms with E-state index in [1.165, 1.54) is 12.5 Å². The molecule has 116 valence electrons. The maximum absolute atomic E-state index is 10.9. The zero-order valence-electron chi connectivity index (χ0n) is 12.3. The van der Waals surface area contributed by atoms with E-state index in [9.17, 15) is 15.2 Å². The predicted octanol–water partition coefficient (Wildman–Crippen LogP) is 2.21. The van der Waals surface area contributed by atoms with Crippen LogP contribution in [-0.4, -0.2) is 46.8 Å². The number of aliphatic hydroxyl groups is 1. The Morgan fingerprint density at radius 3 is 2.95 bits per heavy atom. The summed E-state index contributed by atoms with van der Waals surface area (Å²) in [6.07, 6.45) is 2.89. The molecule has 6 nitrogen and oxygen atoms in total. The molecule has 21 heavy (non-hydrogen) atoms. The lowest BCUT2D eigenvalue weighted by Gasteiger charge is -2.34. The normalized spacial score (nSPS) is 21.0. The van der Waals surface area contributed by atoms with Gasteiger partial charge in [0.1, 0.15) is 12.7 Å². The van der Waals surface area contributed by atoms with Gasteiger partial charge in [-0.3, -0.25) is 15.0 Å². The van der Waals surface area contributed by atoms with E-state index in [2.05, 4.69) is 11.8 Å². The second kappa shape index (κ2) is 7.38. The number of nitro benzene ring substituents is 1. The van der Waals surface area contributed by atoms with Crippen molar-refractivity contribution in [3.63, 3.8) is 0 Å². The quantitative estimate of drug-likeness (QED) is 0.643. The molecule has 0 aliphatic carbocycles. The number of rotatable bonds is 6. The molecule has 6 heteroatoms. The minimum atomic E-state index is -0.648. The highest BCUT2D eigenvalue weighted by Gasteiger charge is 2.22. The number of β-amino-alcohol motifs (C(OH)–C–C–N with tert-alkyl or cyclic N) is 1. The number of nitro groups is 1. The maximum Gasteiger partial charge on any atom is 0.310 e. The third kappa shape index (κ3) is 4.41. The van der Waals surface area contributed by atoms with Crippen LogP contribution in [0.1, 0.15) is 26.2 Å². The van der Waals surface area contributed by atoms with E-state index in [4.69, 9.17) is 4.74 Å². The number of benzene rings is 1. The van der Waals surface area contributed by atoms with Crippen molar-refractivity contribution in [1.82, 2.24) is 4.90 Å². The van der Waals surface area contributed by atoms with Crippen molar-refractivity contribution >= 4 is 5.69 Å². The average Bonchev–Trinajstić information content (AvgIpc) is 2.48. The van der Waals surface area contributed by atoms with Crippen LogP contribution in [0.4, 0.5) is 5.69 Å². The fourth-order valence-electron chi connectivity index (χ4n) is 2.67. The molecule has 0 spiro atoms. The number of likely N-dealkylation sites (tertiary alicyclic amines) is 1. The first kappa shape index (κ1) is 15.7. The monoisotopic (exact) mass is 294 g/mol. The molecule has 1 aliphatic rings. The van der Waals surface area contributed by atoms with Crippen LogP contribution in [0.2, 0.25) is 0 Å². The van der Waals surface area contributed by atoms with E-state index in [0.29, 0.717) is 12.6 Å². The van der Waals surface area contributed by atoms with Gasteiger partial charge in [-0.15, -0.1) is 0 Å². The molecule has 0 unspecified atom stereocenters. The molecule has 1 aromatic rings. The maximum atomic E-state index is 10.9. The van der Waals surface area contributed by atoms with Crippen LogP contribution in [0, 0.1) is 10.1 Å². The van der Waals surface area contributed by atoms with Gasteiger partial charge in [-0.2, -0.15) is 0 Å². The highest BCUT2D eigenvalue weighted by atomic mass is 16.6. The molecule has 1 heterocycles. The molecule has 0 amide bonds. The number of para-hydroxylation sites is 2. The summed E-state index contributed by atoms with van der Waals surface area (Å²) in [6.45, 7) is 3.76. The first-order valence-electron chi connectivity index (χ1n) is 7.36. The van der Waals surface area contributed by atoms with Gasteiger partial charge in [0.2, 0.25) is 0 Å². The zero-order chi connectivity index (χ0) is 15.2. The molecule has 1 saturated heterocycles. The topological polar surface area (TPSA) is 75.8 Å². The largest absolute Gasteiger partial charge is 0.484 e. The fraction of sp³-hybridized carbons (Fsp3) is 0.600. The van der Waals surface area contributed by atoms with E-state index in [1.54, 1.807) is 18.2 Å². The molecule has 1 N–H and O–H groups in total. The minimum absolute atomic E-state index is 0.0636. The molecule has 1 fully saturated rings. The number of nitrogens with zero attached hydrogens (tertiary/aromatic N) is 2. The third-order valence-electron chi connectivity index (χ3n) is 3.88. The summed E-state index contributed by atoms with van der Waals surface area (Å²) in [5.41, 5.74) is -0.0731. The summed E-state index contributed by atoms with van der Waals surface area (Å²) in [6, 6.07) is 6.69. The summed E-state index contributed by atoms with van der Waals surface area (Å²) in [7, 11) is 0. The Morgan fingerprint density at radius 1 is 1.48 bits per heavy atom. The Morgan fingerprint density at radius 2 is 2.24 bits per heavy atom. The van der Waals surface area contributed by atoms with Crippen molar-refractivity contribution < 1.29 is 14.8 Å². The number of hydrogen-bond donors (Lipinski definition) is 1. The first-order valence-corrected chi connectivity index (χ1v) is 7.36. The summed E-state index contributed by atoms with van der Waals surface area (Å²) >= 11 is 0. The van der Waals surface area contributed by atoms with Gasteiger partial charge in [0.05, 0.1) is 4.92 Å². The average molecular weight is 294 g/mol. The van der Waals surface area contributed by atoms with Gasteiger partial charge in [0.25, 0.3) is 0 Å². The van der Waals surface area contributed by atoms with Crippen molar-refractivity contribution in [2.75, 3.05) is 19.7 Å². The van der Waals surface area contributed by atoms with Crippen LogP contribution in [-0.2, 0) is 0 Å². The molecular weight excluding hydrogens is 272 g/mol. The second-order valence-corrected chi connectivity index (χ2v) is 5.53. The lowest BCUT2D eigenvalue weighted by atomic mass is 10.0. The summed E-state index contributed by atoms with van der Waals surface area (Å²) in [5, 5.41) is 21.0. The highest BCUT2D eigenvalue weighted by Crippen LogP contribution is 2.26. The standard InChI is InChI=1S/C15H22N2O4/c1-12-6-4-5-9-16(12)10-13(18)11-21-15-8-3-2-7-14(15)17(19)20/h2-3,7-8,12-13,18H,4-6,9-11H2,1H3/t12-,13+/m0/s1. The minimum Gasteiger partial charge on any atom is -0.484 e. The predicted molar refractivity (Wildman–Crippen MR) is 79.5 cm³/mol. The lowest BCUT2D eigenvalue weighted by molar-refractivity contribution is -0.385. The zero-order valence-corrected chi connectivity index (χ0v) is 12.3. The highest BCUT2D eigenvalue weighted by molar-refractivity contribution is 5.45. The van der Waals surface area contributed by atoms with Crippen LogP contribution in [0.15, 0.2) is 24.3 Å². The van der Waals surface area contributed by atoms with Crippen LogP contribution in [0.25, 0.3) is 0 Å². The van der Waals surface area contributed by atoms with Crippen LogP contribution in [0.5, 0.6) is 5.75 Å². The summed E-state index contributed by atoms with van der Waals surface area (Å²) < 4.78 is 5.42. The van der Waals surface area contributed by atoms with Gasteiger partial charge in [-0.1, -0.05) is 18.6 Å². The van der Waals surface area contributed by atoms with E-state index < -0.39 is 11.0 Å². The van der Waals surface area contributed by atoms with Gasteiger partial charge >= 0.3 is 5.69 Å². The van der Waals surface area contributed by atoms with E-state index in [-0.39, 0.29) is 18.0 Å². The van der Waals surface area contributed by atoms with E-state index >= 15 is 0 Å². The third-order valence-corrected chi connectivity index (χ3v) is 3.88. The van der Waals surface area contributed by atoms with Gasteiger partial charge in [-0.05, 0) is 32.4 Å². The second-order valence-electron chi connectivity index (χ2n) is 5.53. The fourth-order valence-corrected chi connectivity index (χ4v) is 2.67. The Bertz CT molecular complexity index is 480. The van der Waals surface area contributed by atoms with E-state index in [1.807, 2.05) is 0 Å². The number of aliphatic hydroxyl groups excluding tert-OH is 1. The SMILES string of the molecule is C[C@H]1CCCCN1C[C@@H](O)COc1ccccc1[N+](=O)[O-]. The molecule has 0 aromatic heterocycles. The molecule has 0 saturated carbocycles. The number of hydrogen-bond acceptors (Lipinski definition) is 5. The molecule has 1 aromatic carbocycles. The van der Waals surface area contributed by atoms with Crippen molar-refractivity contribution in [2.24, 2.45) is 0 Å². The lowest BCUT2D eigenvalue weighted by Crippen LogP contribution is -2.43. The van der Waals surface area contributed by atoms with Crippen LogP contribution in [0.3, 0.4) is 0 Å². The Hall–Kier alpha value is -1.66. The molecule has 2 rings (SSSR count). The Labute approximate surface area is 124 Å². The summed E-state index contributed by atoms with van der Waals surface area (Å²) in [4.78, 5) is 12.7. The number of ether oxygens (including phenoxy) is 1. The van der Waals surface area contributed by atoms with Crippen molar-refractivity contribution in [3.05, 3.63) is 34.4 Å². The van der Waals surface area contributed by atoms with Gasteiger partial charge < -0.3 is 9.84 Å². The van der Waals surface area contributed by atoms with Crippen molar-refractivity contribution in [2.45, 2.75) is 38.3 Å². The molecule has 2 atom stereocenters. The first-order chi connectivity index (χ1) is 10.1. The Balaban J connectivity index is 1.86. The van der Waals surface area contributed by atoms with Crippen LogP contribution < -0.4 is 4.74 Å². The molecule has 1 aliphatic heterocycles. The van der Waals surface area contributed by atoms with Gasteiger partial charge in [-0.25, -0.2) is 0 Å². The van der Waals surface area contributed by atoms with Crippen LogP contribution >= 0.6 is 0 Å². The molecule has 0 radical (unpaired) electrons. The van der Waals surface area contributed by atoms with E-state index in [0.717, 1.165) is 19.4 Å². The van der Waals surface area contributed by atoms with Crippen molar-refractivity contribution in [3.8, 4) is 5.75 Å². The van der Waals surface area contributed by atoms with Gasteiger partial charge in [0.15, 0.2) is 5.75 Å². The van der Waals surface area contributed by atoms with Gasteiger partial charge in [0, 0.05) is 18.7 Å². The Kier molecular flexibility index (Phi) is 5.52. The smallest absolute Gasteiger partial charge is 0.310 e. The molecule has 0 bridgehead atoms.